The van der Waals surface area contributed by atoms with Crippen LogP contribution in [0.4, 0.5) is 10.1 Å². The first-order valence-corrected chi connectivity index (χ1v) is 7.27. The van der Waals surface area contributed by atoms with E-state index in [0.29, 0.717) is 16.9 Å². The summed E-state index contributed by atoms with van der Waals surface area (Å²) in [6.07, 6.45) is 0. The highest BCUT2D eigenvalue weighted by Crippen LogP contribution is 2.22. The number of aromatic nitrogens is 1. The van der Waals surface area contributed by atoms with Gasteiger partial charge in [0.05, 0.1) is 0 Å². The van der Waals surface area contributed by atoms with Crippen molar-refractivity contribution in [2.45, 2.75) is 33.2 Å². The lowest BCUT2D eigenvalue weighted by Crippen LogP contribution is -2.28. The van der Waals surface area contributed by atoms with Crippen LogP contribution in [0.1, 0.15) is 31.0 Å². The van der Waals surface area contributed by atoms with Crippen molar-refractivity contribution in [1.82, 2.24) is 4.57 Å². The minimum atomic E-state index is -0.459. The molecule has 0 aliphatic rings. The number of rotatable bonds is 4. The van der Waals surface area contributed by atoms with Crippen LogP contribution in [0.3, 0.4) is 0 Å². The topological polar surface area (TPSA) is 71.3 Å². The van der Waals surface area contributed by atoms with Gasteiger partial charge in [0.25, 0.3) is 5.56 Å². The van der Waals surface area contributed by atoms with Gasteiger partial charge in [-0.05, 0) is 42.7 Å². The number of carbonyl (C=O) groups excluding carboxylic acids is 1. The summed E-state index contributed by atoms with van der Waals surface area (Å²) in [5.74, 6) is -0.858. The summed E-state index contributed by atoms with van der Waals surface area (Å²) in [5, 5.41) is 12.0. The molecule has 0 saturated carbocycles. The number of aryl methyl sites for hydroxylation is 1. The normalized spacial score (nSPS) is 10.8. The predicted octanol–water partition coefficient (Wildman–Crippen LogP) is 2.76. The van der Waals surface area contributed by atoms with Crippen molar-refractivity contribution >= 4 is 11.6 Å². The SMILES string of the molecule is Cc1cc(O)cc(=O)n1CC(=O)Nc1ccc(F)c(C(C)C)c1. The Hall–Kier alpha value is -2.63. The quantitative estimate of drug-likeness (QED) is 0.910. The second-order valence-corrected chi connectivity index (χ2v) is 5.72. The van der Waals surface area contributed by atoms with E-state index in [9.17, 15) is 19.1 Å². The van der Waals surface area contributed by atoms with Crippen LogP contribution in [0.25, 0.3) is 0 Å². The first-order chi connectivity index (χ1) is 10.8. The van der Waals surface area contributed by atoms with Crippen LogP contribution in [-0.2, 0) is 11.3 Å². The zero-order valence-corrected chi connectivity index (χ0v) is 13.3. The number of aromatic hydroxyl groups is 1. The Balaban J connectivity index is 2.18. The number of nitrogens with one attached hydrogen (secondary N) is 1. The molecule has 122 valence electrons. The minimum absolute atomic E-state index is 0.00573. The van der Waals surface area contributed by atoms with Crippen LogP contribution in [0, 0.1) is 12.7 Å². The van der Waals surface area contributed by atoms with Crippen LogP contribution in [-0.4, -0.2) is 15.6 Å². The molecule has 0 atom stereocenters. The third-order valence-electron chi connectivity index (χ3n) is 3.52. The Labute approximate surface area is 133 Å². The maximum atomic E-state index is 13.7. The van der Waals surface area contributed by atoms with Crippen LogP contribution < -0.4 is 10.9 Å². The molecule has 1 amide bonds. The van der Waals surface area contributed by atoms with Crippen molar-refractivity contribution in [2.75, 3.05) is 5.32 Å². The standard InChI is InChI=1S/C17H19FN2O3/c1-10(2)14-7-12(4-5-15(14)18)19-16(22)9-20-11(3)6-13(21)8-17(20)23/h4-8,10,21H,9H2,1-3H3,(H,19,22). The Morgan fingerprint density at radius 1 is 1.30 bits per heavy atom. The van der Waals surface area contributed by atoms with Gasteiger partial charge in [-0.3, -0.25) is 9.59 Å². The van der Waals surface area contributed by atoms with E-state index in [0.717, 1.165) is 6.07 Å². The first-order valence-electron chi connectivity index (χ1n) is 7.27. The summed E-state index contributed by atoms with van der Waals surface area (Å²) in [5.41, 5.74) is 1.01. The van der Waals surface area contributed by atoms with E-state index in [4.69, 9.17) is 0 Å². The molecule has 6 heteroatoms. The highest BCUT2D eigenvalue weighted by Gasteiger charge is 2.11. The molecule has 0 unspecified atom stereocenters. The third-order valence-corrected chi connectivity index (χ3v) is 3.52. The molecule has 5 nitrogen and oxygen atoms in total. The van der Waals surface area contributed by atoms with Gasteiger partial charge in [0, 0.05) is 17.4 Å². The van der Waals surface area contributed by atoms with Gasteiger partial charge in [0.15, 0.2) is 0 Å². The van der Waals surface area contributed by atoms with Crippen molar-refractivity contribution in [3.8, 4) is 5.75 Å². The summed E-state index contributed by atoms with van der Waals surface area (Å²) in [4.78, 5) is 23.9. The van der Waals surface area contributed by atoms with Crippen LogP contribution >= 0.6 is 0 Å². The molecule has 23 heavy (non-hydrogen) atoms. The minimum Gasteiger partial charge on any atom is -0.508 e. The maximum Gasteiger partial charge on any atom is 0.254 e. The van der Waals surface area contributed by atoms with Crippen molar-refractivity contribution in [3.05, 3.63) is 57.8 Å². The lowest BCUT2D eigenvalue weighted by Gasteiger charge is -2.13. The second kappa shape index (κ2) is 6.64. The predicted molar refractivity (Wildman–Crippen MR) is 86.2 cm³/mol. The number of benzene rings is 1. The fraction of sp³-hybridized carbons (Fsp3) is 0.294. The van der Waals surface area contributed by atoms with Crippen LogP contribution in [0.15, 0.2) is 35.1 Å². The van der Waals surface area contributed by atoms with Gasteiger partial charge in [-0.1, -0.05) is 13.8 Å². The van der Waals surface area contributed by atoms with Gasteiger partial charge in [0.1, 0.15) is 18.1 Å². The summed E-state index contributed by atoms with van der Waals surface area (Å²) in [6, 6.07) is 6.83. The highest BCUT2D eigenvalue weighted by atomic mass is 19.1. The lowest BCUT2D eigenvalue weighted by atomic mass is 10.0. The summed E-state index contributed by atoms with van der Waals surface area (Å²) in [6.45, 7) is 5.18. The molecule has 2 rings (SSSR count). The number of amides is 1. The van der Waals surface area contributed by atoms with Crippen molar-refractivity contribution in [3.63, 3.8) is 0 Å². The van der Waals surface area contributed by atoms with E-state index in [2.05, 4.69) is 5.32 Å². The zero-order valence-electron chi connectivity index (χ0n) is 13.3. The van der Waals surface area contributed by atoms with Gasteiger partial charge in [-0.2, -0.15) is 0 Å². The summed E-state index contributed by atoms with van der Waals surface area (Å²) >= 11 is 0. The Morgan fingerprint density at radius 3 is 2.61 bits per heavy atom. The van der Waals surface area contributed by atoms with Crippen molar-refractivity contribution < 1.29 is 14.3 Å². The lowest BCUT2D eigenvalue weighted by molar-refractivity contribution is -0.116. The Morgan fingerprint density at radius 2 is 2.00 bits per heavy atom. The van der Waals surface area contributed by atoms with E-state index in [1.165, 1.54) is 22.8 Å². The van der Waals surface area contributed by atoms with E-state index in [-0.39, 0.29) is 24.0 Å². The number of nitrogens with zero attached hydrogens (tertiary/aromatic N) is 1. The molecule has 1 aromatic heterocycles. The number of halogens is 1. The molecule has 0 spiro atoms. The monoisotopic (exact) mass is 318 g/mol. The fourth-order valence-electron chi connectivity index (χ4n) is 2.32. The van der Waals surface area contributed by atoms with Gasteiger partial charge in [-0.15, -0.1) is 0 Å². The molecular weight excluding hydrogens is 299 g/mol. The fourth-order valence-corrected chi connectivity index (χ4v) is 2.32. The van der Waals surface area contributed by atoms with Crippen molar-refractivity contribution in [1.29, 1.82) is 0 Å². The van der Waals surface area contributed by atoms with Gasteiger partial charge >= 0.3 is 0 Å². The molecule has 2 aromatic rings. The number of pyridine rings is 1. The molecule has 1 aromatic carbocycles. The second-order valence-electron chi connectivity index (χ2n) is 5.72. The maximum absolute atomic E-state index is 13.7. The summed E-state index contributed by atoms with van der Waals surface area (Å²) < 4.78 is 14.9. The summed E-state index contributed by atoms with van der Waals surface area (Å²) in [7, 11) is 0. The molecule has 0 fully saturated rings. The number of carbonyl (C=O) groups is 1. The third kappa shape index (κ3) is 3.97. The molecule has 0 radical (unpaired) electrons. The average Bonchev–Trinajstić information content (AvgIpc) is 2.44. The highest BCUT2D eigenvalue weighted by molar-refractivity contribution is 5.90. The van der Waals surface area contributed by atoms with E-state index < -0.39 is 11.5 Å². The van der Waals surface area contributed by atoms with Gasteiger partial charge < -0.3 is 15.0 Å². The van der Waals surface area contributed by atoms with E-state index in [1.54, 1.807) is 13.0 Å². The van der Waals surface area contributed by atoms with E-state index in [1.807, 2.05) is 13.8 Å². The van der Waals surface area contributed by atoms with Gasteiger partial charge in [0.2, 0.25) is 5.91 Å². The molecule has 0 bridgehead atoms. The Bertz CT molecular complexity index is 797. The van der Waals surface area contributed by atoms with Gasteiger partial charge in [-0.25, -0.2) is 4.39 Å². The molecule has 2 N–H and O–H groups in total. The number of hydrogen-bond acceptors (Lipinski definition) is 3. The zero-order chi connectivity index (χ0) is 17.1. The largest absolute Gasteiger partial charge is 0.508 e. The van der Waals surface area contributed by atoms with Crippen LogP contribution in [0.2, 0.25) is 0 Å². The van der Waals surface area contributed by atoms with Crippen molar-refractivity contribution in [2.24, 2.45) is 0 Å². The number of anilines is 1. The average molecular weight is 318 g/mol. The Kier molecular flexibility index (Phi) is 4.83. The number of hydrogen-bond donors (Lipinski definition) is 2. The molecular formula is C17H19FN2O3. The van der Waals surface area contributed by atoms with E-state index >= 15 is 0 Å². The molecule has 0 aliphatic carbocycles. The molecule has 1 heterocycles. The molecule has 0 aliphatic heterocycles. The van der Waals surface area contributed by atoms with Crippen LogP contribution in [0.5, 0.6) is 5.75 Å². The first kappa shape index (κ1) is 16.7. The molecule has 0 saturated heterocycles. The smallest absolute Gasteiger partial charge is 0.254 e.